The molecule has 4 heterocycles. The lowest BCUT2D eigenvalue weighted by Gasteiger charge is -2.32. The van der Waals surface area contributed by atoms with Crippen LogP contribution < -0.4 is 4.74 Å². The smallest absolute Gasteiger partial charge is 0.139 e. The van der Waals surface area contributed by atoms with Crippen LogP contribution in [0.4, 0.5) is 0 Å². The third-order valence-electron chi connectivity index (χ3n) is 4.70. The molecular formula is C17H21N3O2S. The summed E-state index contributed by atoms with van der Waals surface area (Å²) in [6, 6.07) is 4.30. The van der Waals surface area contributed by atoms with Crippen molar-refractivity contribution in [1.29, 1.82) is 0 Å². The minimum atomic E-state index is 0.0673. The van der Waals surface area contributed by atoms with Gasteiger partial charge in [0.05, 0.1) is 17.4 Å². The molecule has 2 saturated heterocycles. The first-order chi connectivity index (χ1) is 11.3. The van der Waals surface area contributed by atoms with E-state index in [-0.39, 0.29) is 12.2 Å². The van der Waals surface area contributed by atoms with E-state index < -0.39 is 0 Å². The highest BCUT2D eigenvalue weighted by molar-refractivity contribution is 7.09. The fraction of sp³-hybridized carbons (Fsp3) is 0.529. The zero-order chi connectivity index (χ0) is 15.6. The quantitative estimate of drug-likeness (QED) is 0.862. The first-order valence-electron chi connectivity index (χ1n) is 8.12. The summed E-state index contributed by atoms with van der Waals surface area (Å²) in [5.74, 6) is 0.821. The molecular weight excluding hydrogens is 310 g/mol. The fourth-order valence-corrected chi connectivity index (χ4v) is 4.34. The van der Waals surface area contributed by atoms with Crippen LogP contribution in [-0.4, -0.2) is 46.3 Å². The molecule has 122 valence electrons. The average molecular weight is 331 g/mol. The molecule has 0 radical (unpaired) electrons. The van der Waals surface area contributed by atoms with Crippen molar-refractivity contribution in [3.63, 3.8) is 0 Å². The Labute approximate surface area is 140 Å². The topological polar surface area (TPSA) is 47.5 Å². The summed E-state index contributed by atoms with van der Waals surface area (Å²) >= 11 is 1.74. The van der Waals surface area contributed by atoms with Gasteiger partial charge in [-0.1, -0.05) is 0 Å². The maximum absolute atomic E-state index is 6.18. The Hall–Kier alpha value is -1.50. The van der Waals surface area contributed by atoms with Crippen molar-refractivity contribution >= 4 is 11.3 Å². The predicted octanol–water partition coefficient (Wildman–Crippen LogP) is 2.66. The number of ether oxygens (including phenoxy) is 2. The lowest BCUT2D eigenvalue weighted by atomic mass is 10.0. The van der Waals surface area contributed by atoms with E-state index in [9.17, 15) is 0 Å². The van der Waals surface area contributed by atoms with Crippen molar-refractivity contribution in [2.45, 2.75) is 44.6 Å². The Morgan fingerprint density at radius 2 is 2.43 bits per heavy atom. The number of hydrogen-bond acceptors (Lipinski definition) is 6. The van der Waals surface area contributed by atoms with Crippen LogP contribution in [0.3, 0.4) is 0 Å². The molecule has 0 aromatic carbocycles. The Morgan fingerprint density at radius 1 is 1.48 bits per heavy atom. The van der Waals surface area contributed by atoms with E-state index in [0.29, 0.717) is 6.04 Å². The van der Waals surface area contributed by atoms with E-state index in [0.717, 1.165) is 37.6 Å². The van der Waals surface area contributed by atoms with Gasteiger partial charge in [0, 0.05) is 36.8 Å². The van der Waals surface area contributed by atoms with Gasteiger partial charge in [-0.3, -0.25) is 9.88 Å². The van der Waals surface area contributed by atoms with E-state index >= 15 is 0 Å². The van der Waals surface area contributed by atoms with E-state index in [2.05, 4.69) is 21.8 Å². The van der Waals surface area contributed by atoms with Crippen molar-refractivity contribution in [2.24, 2.45) is 0 Å². The van der Waals surface area contributed by atoms with Crippen molar-refractivity contribution in [2.75, 3.05) is 13.2 Å². The van der Waals surface area contributed by atoms with Crippen LogP contribution in [0.15, 0.2) is 30.0 Å². The molecule has 0 unspecified atom stereocenters. The minimum Gasteiger partial charge on any atom is -0.485 e. The third-order valence-corrected chi connectivity index (χ3v) is 5.62. The summed E-state index contributed by atoms with van der Waals surface area (Å²) in [7, 11) is 0. The summed E-state index contributed by atoms with van der Waals surface area (Å²) in [6.45, 7) is 4.75. The molecule has 0 saturated carbocycles. The first-order valence-corrected chi connectivity index (χ1v) is 9.00. The zero-order valence-electron chi connectivity index (χ0n) is 13.2. The van der Waals surface area contributed by atoms with Gasteiger partial charge in [0.25, 0.3) is 0 Å². The highest BCUT2D eigenvalue weighted by Gasteiger charge is 2.45. The average Bonchev–Trinajstić information content (AvgIpc) is 3.14. The Kier molecular flexibility index (Phi) is 4.29. The lowest BCUT2D eigenvalue weighted by molar-refractivity contribution is -0.0471. The molecule has 2 fully saturated rings. The maximum Gasteiger partial charge on any atom is 0.139 e. The van der Waals surface area contributed by atoms with Crippen molar-refractivity contribution in [1.82, 2.24) is 14.9 Å². The molecule has 0 spiro atoms. The molecule has 6 heteroatoms. The Bertz CT molecular complexity index is 648. The largest absolute Gasteiger partial charge is 0.485 e. The molecule has 0 amide bonds. The van der Waals surface area contributed by atoms with E-state index in [1.165, 1.54) is 11.3 Å². The Balaban J connectivity index is 1.51. The maximum atomic E-state index is 6.18. The van der Waals surface area contributed by atoms with Gasteiger partial charge >= 0.3 is 0 Å². The summed E-state index contributed by atoms with van der Waals surface area (Å²) < 4.78 is 12.3. The molecule has 2 aliphatic rings. The second-order valence-electron chi connectivity index (χ2n) is 6.18. The number of thiazole rings is 1. The second-order valence-corrected chi connectivity index (χ2v) is 7.12. The summed E-state index contributed by atoms with van der Waals surface area (Å²) in [5.41, 5.74) is 3.07. The van der Waals surface area contributed by atoms with Crippen LogP contribution in [0.5, 0.6) is 5.75 Å². The molecule has 0 bridgehead atoms. The van der Waals surface area contributed by atoms with Gasteiger partial charge in [-0.2, -0.15) is 0 Å². The number of aromatic nitrogens is 2. The molecule has 0 N–H and O–H groups in total. The summed E-state index contributed by atoms with van der Waals surface area (Å²) in [4.78, 5) is 12.4. The summed E-state index contributed by atoms with van der Waals surface area (Å²) in [6.07, 6.45) is 6.05. The molecule has 5 nitrogen and oxygen atoms in total. The van der Waals surface area contributed by atoms with Crippen LogP contribution >= 0.6 is 11.3 Å². The van der Waals surface area contributed by atoms with Crippen molar-refractivity contribution in [3.8, 4) is 5.75 Å². The predicted molar refractivity (Wildman–Crippen MR) is 88.7 cm³/mol. The second kappa shape index (κ2) is 6.55. The first kappa shape index (κ1) is 15.1. The van der Waals surface area contributed by atoms with Crippen LogP contribution in [0.25, 0.3) is 0 Å². The Morgan fingerprint density at radius 3 is 3.22 bits per heavy atom. The highest BCUT2D eigenvalue weighted by Crippen LogP contribution is 2.33. The molecule has 0 aliphatic carbocycles. The van der Waals surface area contributed by atoms with Crippen molar-refractivity contribution < 1.29 is 9.47 Å². The van der Waals surface area contributed by atoms with Crippen LogP contribution in [0.1, 0.15) is 23.4 Å². The van der Waals surface area contributed by atoms with Gasteiger partial charge in [-0.05, 0) is 31.9 Å². The number of nitrogens with zero attached hydrogens (tertiary/aromatic N) is 3. The molecule has 4 rings (SSSR count). The van der Waals surface area contributed by atoms with E-state index in [1.54, 1.807) is 23.7 Å². The molecule has 2 aromatic rings. The number of likely N-dealkylation sites (tertiary alicyclic amines) is 1. The highest BCUT2D eigenvalue weighted by atomic mass is 32.1. The monoisotopic (exact) mass is 331 g/mol. The van der Waals surface area contributed by atoms with Gasteiger partial charge in [0.15, 0.2) is 0 Å². The van der Waals surface area contributed by atoms with Crippen LogP contribution in [0, 0.1) is 6.92 Å². The SMILES string of the molecule is Cc1ncsc1CN1C[C@@H](Oc2cccnc2)[C@@H]2OCCC[C@@H]21. The van der Waals surface area contributed by atoms with Gasteiger partial charge in [-0.25, -0.2) is 4.98 Å². The minimum absolute atomic E-state index is 0.0673. The normalized spacial score (nSPS) is 27.8. The number of hydrogen-bond donors (Lipinski definition) is 0. The fourth-order valence-electron chi connectivity index (χ4n) is 3.54. The number of fused-ring (bicyclic) bond motifs is 1. The van der Waals surface area contributed by atoms with Gasteiger partial charge < -0.3 is 9.47 Å². The number of pyridine rings is 1. The van der Waals surface area contributed by atoms with Gasteiger partial charge in [0.1, 0.15) is 18.0 Å². The third kappa shape index (κ3) is 3.11. The standard InChI is InChI=1S/C17H21N3O2S/c1-12-16(23-11-19-12)10-20-9-15(17-14(20)5-3-7-21-17)22-13-4-2-6-18-8-13/h2,4,6,8,11,14-15,17H,3,5,7,9-10H2,1H3/t14-,15+,17+/m0/s1. The van der Waals surface area contributed by atoms with Crippen molar-refractivity contribution in [3.05, 3.63) is 40.6 Å². The van der Waals surface area contributed by atoms with E-state index in [4.69, 9.17) is 9.47 Å². The molecule has 23 heavy (non-hydrogen) atoms. The summed E-state index contributed by atoms with van der Waals surface area (Å²) in [5, 5.41) is 0. The molecule has 2 aromatic heterocycles. The zero-order valence-corrected chi connectivity index (χ0v) is 14.0. The van der Waals surface area contributed by atoms with Gasteiger partial charge in [0.2, 0.25) is 0 Å². The number of aryl methyl sites for hydroxylation is 1. The molecule has 2 aliphatic heterocycles. The van der Waals surface area contributed by atoms with E-state index in [1.807, 2.05) is 17.6 Å². The van der Waals surface area contributed by atoms with Gasteiger partial charge in [-0.15, -0.1) is 11.3 Å². The van der Waals surface area contributed by atoms with Crippen LogP contribution in [-0.2, 0) is 11.3 Å². The molecule has 3 atom stereocenters. The lowest BCUT2D eigenvalue weighted by Crippen LogP contribution is -2.42. The van der Waals surface area contributed by atoms with Crippen LogP contribution in [0.2, 0.25) is 0 Å². The number of rotatable bonds is 4.